The number of fused-ring (bicyclic) bond motifs is 1. The van der Waals surface area contributed by atoms with Gasteiger partial charge in [0.15, 0.2) is 0 Å². The summed E-state index contributed by atoms with van der Waals surface area (Å²) in [5, 5.41) is 3.44. The third kappa shape index (κ3) is 2.80. The van der Waals surface area contributed by atoms with Gasteiger partial charge in [-0.1, -0.05) is 18.5 Å². The molecule has 2 aromatic rings. The number of halogens is 1. The zero-order chi connectivity index (χ0) is 13.1. The predicted octanol–water partition coefficient (Wildman–Crippen LogP) is 1.20. The molecule has 0 saturated heterocycles. The molecule has 0 bridgehead atoms. The maximum Gasteiger partial charge on any atom is 0.224 e. The van der Waals surface area contributed by atoms with Crippen LogP contribution in [0.5, 0.6) is 0 Å². The smallest absolute Gasteiger partial charge is 0.224 e. The maximum absolute atomic E-state index is 11.6. The van der Waals surface area contributed by atoms with Crippen molar-refractivity contribution in [3.05, 3.63) is 35.2 Å². The molecule has 3 N–H and O–H groups in total. The van der Waals surface area contributed by atoms with Crippen molar-refractivity contribution in [3.63, 3.8) is 0 Å². The fourth-order valence-electron chi connectivity index (χ4n) is 1.56. The van der Waals surface area contributed by atoms with Crippen LogP contribution in [0.2, 0.25) is 5.02 Å². The molecule has 0 aromatic carbocycles. The normalized spacial score (nSPS) is 12.6. The van der Waals surface area contributed by atoms with E-state index in [2.05, 4.69) is 10.3 Å². The Labute approximate surface area is 110 Å². The van der Waals surface area contributed by atoms with Crippen LogP contribution in [-0.4, -0.2) is 21.8 Å². The molecule has 0 spiro atoms. The van der Waals surface area contributed by atoms with Crippen molar-refractivity contribution in [1.29, 1.82) is 0 Å². The van der Waals surface area contributed by atoms with Crippen molar-refractivity contribution in [2.24, 2.45) is 11.7 Å². The van der Waals surface area contributed by atoms with E-state index >= 15 is 0 Å². The number of carbonyl (C=O) groups is 1. The Morgan fingerprint density at radius 2 is 2.33 bits per heavy atom. The second-order valence-corrected chi connectivity index (χ2v) is 4.64. The third-order valence-corrected chi connectivity index (χ3v) is 2.93. The lowest BCUT2D eigenvalue weighted by Gasteiger charge is -2.07. The SMILES string of the molecule is CC(CN)C(=O)NCc1cn2cc(Cl)ccc2n1. The van der Waals surface area contributed by atoms with E-state index in [4.69, 9.17) is 17.3 Å². The van der Waals surface area contributed by atoms with Crippen LogP contribution in [0.15, 0.2) is 24.5 Å². The van der Waals surface area contributed by atoms with Crippen LogP contribution in [0.1, 0.15) is 12.6 Å². The van der Waals surface area contributed by atoms with Crippen LogP contribution in [0.3, 0.4) is 0 Å². The molecule has 0 saturated carbocycles. The molecular weight excluding hydrogens is 252 g/mol. The van der Waals surface area contributed by atoms with Gasteiger partial charge in [0.2, 0.25) is 5.91 Å². The zero-order valence-corrected chi connectivity index (χ0v) is 10.8. The van der Waals surface area contributed by atoms with Crippen molar-refractivity contribution >= 4 is 23.2 Å². The lowest BCUT2D eigenvalue weighted by molar-refractivity contribution is -0.124. The highest BCUT2D eigenvalue weighted by Gasteiger charge is 2.10. The lowest BCUT2D eigenvalue weighted by atomic mass is 10.2. The molecule has 0 aliphatic carbocycles. The zero-order valence-electron chi connectivity index (χ0n) is 10.1. The van der Waals surface area contributed by atoms with E-state index in [1.165, 1.54) is 0 Å². The Morgan fingerprint density at radius 1 is 1.56 bits per heavy atom. The molecule has 96 valence electrons. The summed E-state index contributed by atoms with van der Waals surface area (Å²) >= 11 is 5.88. The van der Waals surface area contributed by atoms with Crippen molar-refractivity contribution in [2.45, 2.75) is 13.5 Å². The van der Waals surface area contributed by atoms with Crippen LogP contribution in [-0.2, 0) is 11.3 Å². The molecule has 2 aromatic heterocycles. The Balaban J connectivity index is 2.06. The average molecular weight is 267 g/mol. The number of aromatic nitrogens is 2. The number of imidazole rings is 1. The summed E-state index contributed by atoms with van der Waals surface area (Å²) in [6, 6.07) is 3.61. The van der Waals surface area contributed by atoms with Crippen molar-refractivity contribution in [1.82, 2.24) is 14.7 Å². The summed E-state index contributed by atoms with van der Waals surface area (Å²) in [5.41, 5.74) is 7.01. The van der Waals surface area contributed by atoms with Gasteiger partial charge in [-0.05, 0) is 12.1 Å². The van der Waals surface area contributed by atoms with Gasteiger partial charge in [-0.3, -0.25) is 4.79 Å². The Bertz CT molecular complexity index is 566. The fraction of sp³-hybridized carbons (Fsp3) is 0.333. The van der Waals surface area contributed by atoms with E-state index in [9.17, 15) is 4.79 Å². The van der Waals surface area contributed by atoms with E-state index in [-0.39, 0.29) is 11.8 Å². The van der Waals surface area contributed by atoms with Crippen molar-refractivity contribution < 1.29 is 4.79 Å². The lowest BCUT2D eigenvalue weighted by Crippen LogP contribution is -2.32. The summed E-state index contributed by atoms with van der Waals surface area (Å²) in [6.07, 6.45) is 3.62. The molecule has 2 rings (SSSR count). The minimum absolute atomic E-state index is 0.0624. The topological polar surface area (TPSA) is 72.4 Å². The first-order valence-electron chi connectivity index (χ1n) is 5.71. The van der Waals surface area contributed by atoms with Gasteiger partial charge in [0, 0.05) is 24.9 Å². The molecule has 1 amide bonds. The first-order valence-corrected chi connectivity index (χ1v) is 6.09. The third-order valence-electron chi connectivity index (χ3n) is 2.71. The van der Waals surface area contributed by atoms with Gasteiger partial charge >= 0.3 is 0 Å². The minimum Gasteiger partial charge on any atom is -0.350 e. The van der Waals surface area contributed by atoms with Gasteiger partial charge in [-0.25, -0.2) is 4.98 Å². The largest absolute Gasteiger partial charge is 0.350 e. The van der Waals surface area contributed by atoms with Gasteiger partial charge in [-0.2, -0.15) is 0 Å². The number of rotatable bonds is 4. The maximum atomic E-state index is 11.6. The molecule has 2 heterocycles. The van der Waals surface area contributed by atoms with Gasteiger partial charge < -0.3 is 15.5 Å². The van der Waals surface area contributed by atoms with E-state index < -0.39 is 0 Å². The summed E-state index contributed by atoms with van der Waals surface area (Å²) < 4.78 is 1.83. The molecule has 18 heavy (non-hydrogen) atoms. The van der Waals surface area contributed by atoms with Crippen molar-refractivity contribution in [2.75, 3.05) is 6.54 Å². The van der Waals surface area contributed by atoms with Crippen LogP contribution >= 0.6 is 11.6 Å². The highest BCUT2D eigenvalue weighted by molar-refractivity contribution is 6.30. The van der Waals surface area contributed by atoms with E-state index in [0.29, 0.717) is 18.1 Å². The first-order chi connectivity index (χ1) is 8.60. The molecular formula is C12H15ClN4O. The number of carbonyl (C=O) groups excluding carboxylic acids is 1. The van der Waals surface area contributed by atoms with E-state index in [1.54, 1.807) is 19.2 Å². The number of nitrogens with zero attached hydrogens (tertiary/aromatic N) is 2. The number of hydrogen-bond donors (Lipinski definition) is 2. The van der Waals surface area contributed by atoms with Crippen LogP contribution < -0.4 is 11.1 Å². The molecule has 1 atom stereocenters. The van der Waals surface area contributed by atoms with E-state index in [1.807, 2.05) is 16.7 Å². The van der Waals surface area contributed by atoms with Crippen LogP contribution in [0.4, 0.5) is 0 Å². The quantitative estimate of drug-likeness (QED) is 0.873. The molecule has 1 unspecified atom stereocenters. The highest BCUT2D eigenvalue weighted by atomic mass is 35.5. The standard InChI is InChI=1S/C12H15ClN4O/c1-8(4-14)12(18)15-5-10-7-17-6-9(13)2-3-11(17)16-10/h2-3,6-8H,4-5,14H2,1H3,(H,15,18). The molecule has 5 nitrogen and oxygen atoms in total. The highest BCUT2D eigenvalue weighted by Crippen LogP contribution is 2.11. The first kappa shape index (κ1) is 12.9. The van der Waals surface area contributed by atoms with Gasteiger partial charge in [0.05, 0.1) is 17.3 Å². The van der Waals surface area contributed by atoms with Crippen LogP contribution in [0.25, 0.3) is 5.65 Å². The Hall–Kier alpha value is -1.59. The second kappa shape index (κ2) is 5.37. The number of nitrogens with two attached hydrogens (primary N) is 1. The molecule has 0 aliphatic heterocycles. The average Bonchev–Trinajstić information content (AvgIpc) is 2.76. The van der Waals surface area contributed by atoms with E-state index in [0.717, 1.165) is 11.3 Å². The summed E-state index contributed by atoms with van der Waals surface area (Å²) in [7, 11) is 0. The summed E-state index contributed by atoms with van der Waals surface area (Å²) in [4.78, 5) is 15.9. The Kier molecular flexibility index (Phi) is 3.84. The second-order valence-electron chi connectivity index (χ2n) is 4.20. The number of pyridine rings is 1. The molecule has 6 heteroatoms. The van der Waals surface area contributed by atoms with Gasteiger partial charge in [0.1, 0.15) is 5.65 Å². The number of amides is 1. The molecule has 0 radical (unpaired) electrons. The number of hydrogen-bond acceptors (Lipinski definition) is 3. The van der Waals surface area contributed by atoms with Gasteiger partial charge in [0.25, 0.3) is 0 Å². The van der Waals surface area contributed by atoms with Gasteiger partial charge in [-0.15, -0.1) is 0 Å². The molecule has 0 fully saturated rings. The molecule has 0 aliphatic rings. The van der Waals surface area contributed by atoms with Crippen molar-refractivity contribution in [3.8, 4) is 0 Å². The monoisotopic (exact) mass is 266 g/mol. The number of nitrogens with one attached hydrogen (secondary N) is 1. The summed E-state index contributed by atoms with van der Waals surface area (Å²) in [6.45, 7) is 2.52. The Morgan fingerprint density at radius 3 is 3.06 bits per heavy atom. The fourth-order valence-corrected chi connectivity index (χ4v) is 1.73. The predicted molar refractivity (Wildman–Crippen MR) is 70.3 cm³/mol. The minimum atomic E-state index is -0.184. The summed E-state index contributed by atoms with van der Waals surface area (Å²) in [5.74, 6) is -0.246. The van der Waals surface area contributed by atoms with Crippen LogP contribution in [0, 0.1) is 5.92 Å².